The van der Waals surface area contributed by atoms with Crippen LogP contribution < -0.4 is 5.56 Å². The predicted octanol–water partition coefficient (Wildman–Crippen LogP) is 16.3. The highest BCUT2D eigenvalue weighted by Gasteiger charge is 2.07. The molecule has 0 N–H and O–H groups in total. The van der Waals surface area contributed by atoms with Crippen LogP contribution in [0.4, 0.5) is 0 Å². The summed E-state index contributed by atoms with van der Waals surface area (Å²) in [6.07, 6.45) is 7.78. The zero-order valence-electron chi connectivity index (χ0n) is 45.3. The van der Waals surface area contributed by atoms with Crippen molar-refractivity contribution in [3.8, 4) is 0 Å². The maximum absolute atomic E-state index is 11.6. The minimum Gasteiger partial charge on any atom is -0.345 e. The van der Waals surface area contributed by atoms with Gasteiger partial charge in [-0.25, -0.2) is 0 Å². The molecule has 7 heteroatoms. The number of aromatic nitrogens is 4. The van der Waals surface area contributed by atoms with Crippen LogP contribution in [0.25, 0.3) is 0 Å². The van der Waals surface area contributed by atoms with Crippen LogP contribution >= 0.6 is 0 Å². The highest BCUT2D eigenvalue weighted by atomic mass is 16.2. The maximum Gasteiger partial charge on any atom is 0.253 e. The first-order chi connectivity index (χ1) is 28.5. The van der Waals surface area contributed by atoms with Crippen LogP contribution in [-0.4, -0.2) is 44.2 Å². The molecule has 1 aromatic carbocycles. The van der Waals surface area contributed by atoms with Gasteiger partial charge in [0.25, 0.3) is 5.91 Å². The molecule has 0 aliphatic heterocycles. The summed E-state index contributed by atoms with van der Waals surface area (Å²) in [6, 6.07) is 15.5. The van der Waals surface area contributed by atoms with Crippen molar-refractivity contribution >= 4 is 5.91 Å². The summed E-state index contributed by atoms with van der Waals surface area (Å²) in [7, 11) is 7.23. The van der Waals surface area contributed by atoms with Crippen molar-refractivity contribution in [2.24, 2.45) is 14.1 Å². The number of hydrogen-bond donors (Lipinski definition) is 0. The number of benzene rings is 1. The Bertz CT molecular complexity index is 1450. The Balaban J connectivity index is -0.0000000904. The van der Waals surface area contributed by atoms with Crippen molar-refractivity contribution in [1.29, 1.82) is 0 Å². The van der Waals surface area contributed by atoms with E-state index in [0.29, 0.717) is 23.7 Å². The van der Waals surface area contributed by atoms with Gasteiger partial charge in [-0.3, -0.25) is 19.3 Å². The van der Waals surface area contributed by atoms with Crippen LogP contribution in [0.1, 0.15) is 228 Å². The Kier molecular flexibility index (Phi) is 65.0. The minimum absolute atomic E-state index is 0.0504. The number of nitrogens with zero attached hydrogens (tertiary/aromatic N) is 5. The number of hydrogen-bond acceptors (Lipinski definition) is 4. The molecule has 0 atom stereocenters. The van der Waals surface area contributed by atoms with Gasteiger partial charge in [0, 0.05) is 64.1 Å². The topological polar surface area (TPSA) is 73.0 Å². The van der Waals surface area contributed by atoms with E-state index in [9.17, 15) is 9.59 Å². The molecule has 7 nitrogen and oxygen atoms in total. The molecule has 3 aromatic heterocycles. The molecule has 0 aliphatic rings. The van der Waals surface area contributed by atoms with Crippen LogP contribution in [0.3, 0.4) is 0 Å². The third-order valence-electron chi connectivity index (χ3n) is 7.00. The molecule has 0 spiro atoms. The fraction of sp³-hybridized carbons (Fsp3) is 0.623. The summed E-state index contributed by atoms with van der Waals surface area (Å²) in [6.45, 7) is 51.2. The maximum atomic E-state index is 11.6. The molecule has 0 aliphatic carbocycles. The van der Waals surface area contributed by atoms with Crippen LogP contribution in [0.5, 0.6) is 0 Å². The molecule has 4 rings (SSSR count). The first-order valence-electron chi connectivity index (χ1n) is 23.4. The molecular formula is C53H103N5O2. The fourth-order valence-corrected chi connectivity index (χ4v) is 3.78. The molecule has 3 heterocycles. The van der Waals surface area contributed by atoms with E-state index < -0.39 is 0 Å². The summed E-state index contributed by atoms with van der Waals surface area (Å²) < 4.78 is 3.44. The molecule has 352 valence electrons. The number of aryl methyl sites for hydroxylation is 3. The average molecular weight is 842 g/mol. The molecule has 1 amide bonds. The van der Waals surface area contributed by atoms with E-state index in [0.717, 1.165) is 11.3 Å². The van der Waals surface area contributed by atoms with Gasteiger partial charge in [0.2, 0.25) is 5.56 Å². The molecule has 0 unspecified atom stereocenters. The quantitative estimate of drug-likeness (QED) is 0.201. The summed E-state index contributed by atoms with van der Waals surface area (Å²) >= 11 is 0. The number of rotatable bonds is 5. The lowest BCUT2D eigenvalue weighted by Crippen LogP contribution is -2.21. The zero-order valence-corrected chi connectivity index (χ0v) is 45.3. The lowest BCUT2D eigenvalue weighted by molar-refractivity contribution is 0.0827. The van der Waals surface area contributed by atoms with Crippen LogP contribution in [-0.2, 0) is 14.1 Å². The van der Waals surface area contributed by atoms with Crippen molar-refractivity contribution in [2.75, 3.05) is 14.1 Å². The zero-order chi connectivity index (χ0) is 49.6. The second-order valence-corrected chi connectivity index (χ2v) is 12.5. The third kappa shape index (κ3) is 39.5. The van der Waals surface area contributed by atoms with E-state index >= 15 is 0 Å². The Hall–Kier alpha value is -4.00. The second kappa shape index (κ2) is 53.0. The lowest BCUT2D eigenvalue weighted by atomic mass is 10.0. The van der Waals surface area contributed by atoms with E-state index in [1.807, 2.05) is 185 Å². The highest BCUT2D eigenvalue weighted by Crippen LogP contribution is 2.15. The van der Waals surface area contributed by atoms with Gasteiger partial charge in [-0.2, -0.15) is 5.10 Å². The van der Waals surface area contributed by atoms with Crippen LogP contribution in [0.2, 0.25) is 0 Å². The number of carbonyl (C=O) groups excluding carboxylic acids is 1. The van der Waals surface area contributed by atoms with Gasteiger partial charge in [-0.1, -0.05) is 190 Å². The largest absolute Gasteiger partial charge is 0.345 e. The van der Waals surface area contributed by atoms with E-state index in [4.69, 9.17) is 0 Å². The molecule has 0 saturated heterocycles. The second-order valence-electron chi connectivity index (χ2n) is 12.5. The first-order valence-corrected chi connectivity index (χ1v) is 23.4. The molecule has 0 fully saturated rings. The van der Waals surface area contributed by atoms with Crippen LogP contribution in [0, 0.1) is 6.92 Å². The minimum atomic E-state index is 0.0504. The molecule has 60 heavy (non-hydrogen) atoms. The summed E-state index contributed by atoms with van der Waals surface area (Å²) in [5, 5.41) is 4.05. The Morgan fingerprint density at radius 1 is 0.500 bits per heavy atom. The monoisotopic (exact) mass is 842 g/mol. The van der Waals surface area contributed by atoms with E-state index in [1.54, 1.807) is 36.7 Å². The van der Waals surface area contributed by atoms with Gasteiger partial charge >= 0.3 is 0 Å². The van der Waals surface area contributed by atoms with Gasteiger partial charge < -0.3 is 9.47 Å². The van der Waals surface area contributed by atoms with E-state index in [-0.39, 0.29) is 11.5 Å². The smallest absolute Gasteiger partial charge is 0.253 e. The van der Waals surface area contributed by atoms with Gasteiger partial charge in [0.15, 0.2) is 0 Å². The summed E-state index contributed by atoms with van der Waals surface area (Å²) in [5.41, 5.74) is 6.97. The Labute approximate surface area is 375 Å². The standard InChI is InChI=1S/C12H17NO.C9H13NO.C9H13N.C7H12N2.8C2H6/c1-9(2)10-5-7-11(8-6-10)12(14)13(3)4;1-7(2)8-4-5-9(11)10(3)6-8;1-7(2)9-5-4-8(3)10-6-9;1-6(2)7-4-8-9(3)5-7;8*1-2/h5-9H,1-4H3;4-7H,1-3H3;4-7H,1-3H3;4-6H,1-3H3;8*1-2H3. The van der Waals surface area contributed by atoms with Gasteiger partial charge in [0.05, 0.1) is 6.20 Å². The summed E-state index contributed by atoms with van der Waals surface area (Å²) in [5.74, 6) is 2.24. The van der Waals surface area contributed by atoms with E-state index in [2.05, 4.69) is 77.6 Å². The predicted molar refractivity (Wildman–Crippen MR) is 275 cm³/mol. The highest BCUT2D eigenvalue weighted by molar-refractivity contribution is 5.93. The van der Waals surface area contributed by atoms with Crippen molar-refractivity contribution < 1.29 is 4.79 Å². The number of amides is 1. The molecule has 0 radical (unpaired) electrons. The molecule has 0 saturated carbocycles. The van der Waals surface area contributed by atoms with Crippen molar-refractivity contribution in [3.05, 3.63) is 117 Å². The SMILES string of the molecule is CC.CC.CC.CC.CC.CC.CC.CC.CC(C)c1ccc(=O)n(C)c1.CC(C)c1ccc(C(=O)N(C)C)cc1.CC(C)c1cnn(C)c1.Cc1ccc(C(C)C)cn1. The number of carbonyl (C=O) groups is 1. The average Bonchev–Trinajstić information content (AvgIpc) is 3.74. The first kappa shape index (κ1) is 73.5. The molecular weight excluding hydrogens is 739 g/mol. The molecule has 4 aromatic rings. The Morgan fingerprint density at radius 3 is 1.13 bits per heavy atom. The normalized spacial score (nSPS) is 8.48. The van der Waals surface area contributed by atoms with Gasteiger partial charge in [-0.15, -0.1) is 0 Å². The van der Waals surface area contributed by atoms with Crippen molar-refractivity contribution in [3.63, 3.8) is 0 Å². The van der Waals surface area contributed by atoms with Gasteiger partial charge in [0.1, 0.15) is 0 Å². The van der Waals surface area contributed by atoms with E-state index in [1.165, 1.54) is 22.3 Å². The van der Waals surface area contributed by atoms with Crippen molar-refractivity contribution in [1.82, 2.24) is 24.2 Å². The number of pyridine rings is 2. The van der Waals surface area contributed by atoms with Crippen LogP contribution in [0.15, 0.2) is 78.1 Å². The van der Waals surface area contributed by atoms with Gasteiger partial charge in [-0.05, 0) is 71.0 Å². The molecule has 0 bridgehead atoms. The summed E-state index contributed by atoms with van der Waals surface area (Å²) in [4.78, 5) is 28.3. The fourth-order valence-electron chi connectivity index (χ4n) is 3.78. The third-order valence-corrected chi connectivity index (χ3v) is 7.00. The Morgan fingerprint density at radius 2 is 0.867 bits per heavy atom. The lowest BCUT2D eigenvalue weighted by Gasteiger charge is -2.11. The van der Waals surface area contributed by atoms with Crippen molar-refractivity contribution in [2.45, 2.75) is 197 Å².